The maximum absolute atomic E-state index is 4.90. The first kappa shape index (κ1) is 14.7. The Morgan fingerprint density at radius 3 is 1.58 bits per heavy atom. The molecule has 6 heteroatoms. The zero-order valence-electron chi connectivity index (χ0n) is 13.3. The molecule has 0 amide bonds. The number of fused-ring (bicyclic) bond motifs is 7. The van der Waals surface area contributed by atoms with Crippen LogP contribution in [0.5, 0.6) is 0 Å². The number of aromatic nitrogens is 4. The van der Waals surface area contributed by atoms with Crippen molar-refractivity contribution in [3.63, 3.8) is 0 Å². The molecule has 24 heavy (non-hydrogen) atoms. The molecule has 3 heterocycles. The third-order valence-electron chi connectivity index (χ3n) is 4.65. The summed E-state index contributed by atoms with van der Waals surface area (Å²) in [5, 5.41) is 0. The van der Waals surface area contributed by atoms with Crippen LogP contribution in [0.4, 0.5) is 0 Å². The molecule has 0 N–H and O–H groups in total. The maximum Gasteiger partial charge on any atom is 0.177 e. The lowest BCUT2D eigenvalue weighted by molar-refractivity contribution is 0.574. The average Bonchev–Trinajstić information content (AvgIpc) is 3.06. The minimum absolute atomic E-state index is 0.908. The fraction of sp³-hybridized carbons (Fsp3) is 0.222. The average molecular weight is 446 g/mol. The molecule has 5 rings (SSSR count). The van der Waals surface area contributed by atoms with Gasteiger partial charge < -0.3 is 9.13 Å². The predicted molar refractivity (Wildman–Crippen MR) is 103 cm³/mol. The zero-order chi connectivity index (χ0) is 16.6. The van der Waals surface area contributed by atoms with Crippen molar-refractivity contribution in [1.29, 1.82) is 0 Å². The molecule has 1 aliphatic rings. The number of aryl methyl sites for hydroxylation is 4. The van der Waals surface area contributed by atoms with Gasteiger partial charge in [0.25, 0.3) is 0 Å². The molecule has 2 aromatic carbocycles. The molecule has 0 spiro atoms. The SMILES string of the molecule is Cc1cc(Br)c2nc3n(c2c1)CCn1c-3nc2c(Br)cc(C)cc21. The number of rotatable bonds is 0. The van der Waals surface area contributed by atoms with Gasteiger partial charge in [-0.1, -0.05) is 0 Å². The van der Waals surface area contributed by atoms with Crippen LogP contribution in [-0.2, 0) is 13.1 Å². The highest BCUT2D eigenvalue weighted by Gasteiger charge is 2.25. The number of imidazole rings is 2. The Morgan fingerprint density at radius 1 is 0.750 bits per heavy atom. The van der Waals surface area contributed by atoms with Gasteiger partial charge in [-0.05, 0) is 81.1 Å². The van der Waals surface area contributed by atoms with Crippen molar-refractivity contribution in [3.05, 3.63) is 44.3 Å². The second-order valence-electron chi connectivity index (χ2n) is 6.40. The van der Waals surface area contributed by atoms with E-state index in [0.29, 0.717) is 0 Å². The molecule has 0 saturated heterocycles. The second-order valence-corrected chi connectivity index (χ2v) is 8.11. The number of nitrogens with zero attached hydrogens (tertiary/aromatic N) is 4. The van der Waals surface area contributed by atoms with Crippen molar-refractivity contribution < 1.29 is 0 Å². The first-order chi connectivity index (χ1) is 11.5. The summed E-state index contributed by atoms with van der Waals surface area (Å²) >= 11 is 7.32. The standard InChI is InChI=1S/C18H14Br2N4/c1-9-5-11(19)15-13(7-9)23-3-4-24-14-8-10(2)6-12(20)16(14)22-18(24)17(23)21-15/h5-8H,3-4H2,1-2H3. The molecule has 0 unspecified atom stereocenters. The number of benzene rings is 2. The van der Waals surface area contributed by atoms with Gasteiger partial charge in [-0.3, -0.25) is 0 Å². The van der Waals surface area contributed by atoms with Crippen LogP contribution in [0.3, 0.4) is 0 Å². The van der Waals surface area contributed by atoms with Crippen LogP contribution in [0.2, 0.25) is 0 Å². The van der Waals surface area contributed by atoms with Gasteiger partial charge in [-0.25, -0.2) is 9.97 Å². The molecule has 0 atom stereocenters. The summed E-state index contributed by atoms with van der Waals surface area (Å²) in [7, 11) is 0. The third-order valence-corrected chi connectivity index (χ3v) is 5.86. The van der Waals surface area contributed by atoms with E-state index in [-0.39, 0.29) is 0 Å². The minimum Gasteiger partial charge on any atom is -0.320 e. The first-order valence-corrected chi connectivity index (χ1v) is 9.44. The van der Waals surface area contributed by atoms with Gasteiger partial charge in [0.1, 0.15) is 11.0 Å². The molecule has 4 aromatic rings. The van der Waals surface area contributed by atoms with E-state index >= 15 is 0 Å². The third kappa shape index (κ3) is 1.90. The highest BCUT2D eigenvalue weighted by Crippen LogP contribution is 2.36. The predicted octanol–water partition coefficient (Wildman–Crippen LogP) is 5.21. The van der Waals surface area contributed by atoms with Crippen LogP contribution in [0.1, 0.15) is 11.1 Å². The monoisotopic (exact) mass is 444 g/mol. The molecular formula is C18H14Br2N4. The Morgan fingerprint density at radius 2 is 1.17 bits per heavy atom. The van der Waals surface area contributed by atoms with Crippen LogP contribution >= 0.6 is 31.9 Å². The van der Waals surface area contributed by atoms with Gasteiger partial charge in [0.2, 0.25) is 0 Å². The smallest absolute Gasteiger partial charge is 0.177 e. The van der Waals surface area contributed by atoms with Crippen molar-refractivity contribution in [3.8, 4) is 11.6 Å². The lowest BCUT2D eigenvalue weighted by Gasteiger charge is -2.17. The molecule has 0 saturated carbocycles. The summed E-state index contributed by atoms with van der Waals surface area (Å²) in [4.78, 5) is 9.80. The van der Waals surface area contributed by atoms with Gasteiger partial charge in [-0.2, -0.15) is 0 Å². The normalized spacial score (nSPS) is 13.5. The summed E-state index contributed by atoms with van der Waals surface area (Å²) in [6.45, 7) is 6.04. The Balaban J connectivity index is 1.88. The van der Waals surface area contributed by atoms with Crippen LogP contribution in [-0.4, -0.2) is 19.1 Å². The molecule has 2 aromatic heterocycles. The van der Waals surface area contributed by atoms with Crippen molar-refractivity contribution in [2.45, 2.75) is 26.9 Å². The van der Waals surface area contributed by atoms with Gasteiger partial charge in [0.05, 0.1) is 11.0 Å². The Kier molecular flexibility index (Phi) is 3.01. The van der Waals surface area contributed by atoms with E-state index in [1.54, 1.807) is 0 Å². The van der Waals surface area contributed by atoms with Crippen LogP contribution in [0, 0.1) is 13.8 Å². The van der Waals surface area contributed by atoms with E-state index < -0.39 is 0 Å². The molecule has 4 nitrogen and oxygen atoms in total. The molecule has 120 valence electrons. The van der Waals surface area contributed by atoms with Crippen LogP contribution in [0.25, 0.3) is 33.7 Å². The second kappa shape index (κ2) is 4.92. The van der Waals surface area contributed by atoms with Crippen molar-refractivity contribution >= 4 is 53.9 Å². The summed E-state index contributed by atoms with van der Waals surface area (Å²) in [5.41, 5.74) is 6.82. The molecule has 0 bridgehead atoms. The zero-order valence-corrected chi connectivity index (χ0v) is 16.4. The van der Waals surface area contributed by atoms with Crippen molar-refractivity contribution in [1.82, 2.24) is 19.1 Å². The largest absolute Gasteiger partial charge is 0.320 e. The van der Waals surface area contributed by atoms with Gasteiger partial charge in [0, 0.05) is 22.0 Å². The number of hydrogen-bond acceptors (Lipinski definition) is 2. The number of hydrogen-bond donors (Lipinski definition) is 0. The van der Waals surface area contributed by atoms with E-state index in [9.17, 15) is 0 Å². The van der Waals surface area contributed by atoms with Gasteiger partial charge in [0.15, 0.2) is 11.6 Å². The first-order valence-electron chi connectivity index (χ1n) is 7.86. The Labute approximate surface area is 155 Å². The van der Waals surface area contributed by atoms with Crippen molar-refractivity contribution in [2.24, 2.45) is 0 Å². The molecular weight excluding hydrogens is 432 g/mol. The molecule has 0 radical (unpaired) electrons. The van der Waals surface area contributed by atoms with E-state index in [0.717, 1.165) is 44.7 Å². The fourth-order valence-electron chi connectivity index (χ4n) is 3.62. The molecule has 0 fully saturated rings. The topological polar surface area (TPSA) is 35.6 Å². The summed E-state index contributed by atoms with van der Waals surface area (Å²) < 4.78 is 6.66. The maximum atomic E-state index is 4.90. The summed E-state index contributed by atoms with van der Waals surface area (Å²) in [6, 6.07) is 8.64. The van der Waals surface area contributed by atoms with E-state index in [1.165, 1.54) is 22.2 Å². The van der Waals surface area contributed by atoms with Gasteiger partial charge in [-0.15, -0.1) is 0 Å². The quantitative estimate of drug-likeness (QED) is 0.372. The van der Waals surface area contributed by atoms with E-state index in [1.807, 2.05) is 0 Å². The summed E-state index contributed by atoms with van der Waals surface area (Å²) in [6.07, 6.45) is 0. The Hall–Kier alpha value is -1.66. The van der Waals surface area contributed by atoms with Crippen LogP contribution in [0.15, 0.2) is 33.2 Å². The number of halogens is 2. The van der Waals surface area contributed by atoms with E-state index in [4.69, 9.17) is 9.97 Å². The van der Waals surface area contributed by atoms with Crippen molar-refractivity contribution in [2.75, 3.05) is 0 Å². The lowest BCUT2D eigenvalue weighted by Crippen LogP contribution is -2.16. The highest BCUT2D eigenvalue weighted by molar-refractivity contribution is 9.11. The Bertz CT molecular complexity index is 1060. The molecule has 0 aliphatic carbocycles. The fourth-order valence-corrected chi connectivity index (χ4v) is 4.93. The lowest BCUT2D eigenvalue weighted by atomic mass is 10.2. The van der Waals surface area contributed by atoms with Gasteiger partial charge >= 0.3 is 0 Å². The van der Waals surface area contributed by atoms with E-state index in [2.05, 4.69) is 79.1 Å². The highest BCUT2D eigenvalue weighted by atomic mass is 79.9. The molecule has 1 aliphatic heterocycles. The summed E-state index contributed by atoms with van der Waals surface area (Å²) in [5.74, 6) is 1.90. The van der Waals surface area contributed by atoms with Crippen LogP contribution < -0.4 is 0 Å². The minimum atomic E-state index is 0.908.